The van der Waals surface area contributed by atoms with E-state index in [4.69, 9.17) is 9.72 Å². The van der Waals surface area contributed by atoms with Gasteiger partial charge in [-0.25, -0.2) is 4.98 Å². The first kappa shape index (κ1) is 16.9. The molecule has 0 spiro atoms. The third kappa shape index (κ3) is 4.05. The first-order valence-electron chi connectivity index (χ1n) is 8.35. The van der Waals surface area contributed by atoms with Crippen LogP contribution < -0.4 is 5.32 Å². The van der Waals surface area contributed by atoms with Gasteiger partial charge in [0, 0.05) is 17.5 Å². The lowest BCUT2D eigenvalue weighted by molar-refractivity contribution is 0.0595. The molecule has 2 rings (SSSR count). The molecule has 0 radical (unpaired) electrons. The highest BCUT2D eigenvalue weighted by Crippen LogP contribution is 2.44. The van der Waals surface area contributed by atoms with Gasteiger partial charge < -0.3 is 10.1 Å². The van der Waals surface area contributed by atoms with Gasteiger partial charge in [-0.05, 0) is 44.6 Å². The quantitative estimate of drug-likeness (QED) is 0.796. The fourth-order valence-corrected chi connectivity index (χ4v) is 4.43. The topological polar surface area (TPSA) is 34.2 Å². The van der Waals surface area contributed by atoms with E-state index in [1.807, 2.05) is 11.3 Å². The predicted molar refractivity (Wildman–Crippen MR) is 89.9 cm³/mol. The summed E-state index contributed by atoms with van der Waals surface area (Å²) in [5, 5.41) is 4.89. The van der Waals surface area contributed by atoms with E-state index in [9.17, 15) is 0 Å². The summed E-state index contributed by atoms with van der Waals surface area (Å²) in [4.78, 5) is 6.40. The number of thiazole rings is 1. The van der Waals surface area contributed by atoms with Crippen LogP contribution in [0.25, 0.3) is 0 Å². The van der Waals surface area contributed by atoms with Gasteiger partial charge in [-0.15, -0.1) is 11.3 Å². The van der Waals surface area contributed by atoms with Crippen LogP contribution in [0.15, 0.2) is 0 Å². The highest BCUT2D eigenvalue weighted by atomic mass is 32.1. The van der Waals surface area contributed by atoms with Gasteiger partial charge >= 0.3 is 0 Å². The molecule has 0 saturated heterocycles. The first-order chi connectivity index (χ1) is 10.0. The minimum Gasteiger partial charge on any atom is -0.371 e. The van der Waals surface area contributed by atoms with Crippen LogP contribution in [0.1, 0.15) is 81.6 Å². The van der Waals surface area contributed by atoms with Crippen molar-refractivity contribution in [1.29, 1.82) is 0 Å². The summed E-state index contributed by atoms with van der Waals surface area (Å²) in [6.45, 7) is 13.0. The Morgan fingerprint density at radius 1 is 1.38 bits per heavy atom. The number of nitrogens with one attached hydrogen (secondary N) is 1. The molecule has 1 aliphatic rings. The second-order valence-corrected chi connectivity index (χ2v) is 7.83. The number of hydrogen-bond donors (Lipinski definition) is 1. The molecule has 2 atom stereocenters. The summed E-state index contributed by atoms with van der Waals surface area (Å²) in [6, 6.07) is 0.467. The lowest BCUT2D eigenvalue weighted by Crippen LogP contribution is -2.33. The Hall–Kier alpha value is -0.450. The maximum Gasteiger partial charge on any atom is 0.122 e. The van der Waals surface area contributed by atoms with Crippen molar-refractivity contribution < 1.29 is 4.74 Å². The van der Waals surface area contributed by atoms with Crippen molar-refractivity contribution in [2.45, 2.75) is 72.4 Å². The first-order valence-corrected chi connectivity index (χ1v) is 9.16. The van der Waals surface area contributed by atoms with E-state index < -0.39 is 0 Å². The Bertz CT molecular complexity index is 456. The molecule has 1 aliphatic carbocycles. The minimum atomic E-state index is 0.167. The maximum absolute atomic E-state index is 5.85. The Kier molecular flexibility index (Phi) is 5.81. The van der Waals surface area contributed by atoms with Crippen molar-refractivity contribution >= 4 is 11.3 Å². The monoisotopic (exact) mass is 310 g/mol. The maximum atomic E-state index is 5.85. The molecule has 4 heteroatoms. The zero-order valence-corrected chi connectivity index (χ0v) is 15.0. The summed E-state index contributed by atoms with van der Waals surface area (Å²) in [5.74, 6) is 0. The number of ether oxygens (including phenoxy) is 1. The molecule has 0 aromatic carbocycles. The fourth-order valence-electron chi connectivity index (χ4n) is 3.14. The average Bonchev–Trinajstić information content (AvgIpc) is 2.84. The Labute approximate surface area is 133 Å². The zero-order chi connectivity index (χ0) is 15.5. The number of aromatic nitrogens is 1. The van der Waals surface area contributed by atoms with Crippen LogP contribution in [0.4, 0.5) is 0 Å². The number of nitrogens with zero attached hydrogens (tertiary/aromatic N) is 1. The van der Waals surface area contributed by atoms with Crippen LogP contribution in [0.2, 0.25) is 0 Å². The van der Waals surface area contributed by atoms with E-state index in [1.54, 1.807) is 0 Å². The normalized spacial score (nSPS) is 22.0. The summed E-state index contributed by atoms with van der Waals surface area (Å²) >= 11 is 1.87. The highest BCUT2D eigenvalue weighted by Gasteiger charge is 2.35. The van der Waals surface area contributed by atoms with Gasteiger partial charge in [-0.3, -0.25) is 0 Å². The number of rotatable bonds is 7. The van der Waals surface area contributed by atoms with Crippen molar-refractivity contribution in [2.75, 3.05) is 13.2 Å². The molecule has 1 N–H and O–H groups in total. The molecule has 1 aromatic heterocycles. The van der Waals surface area contributed by atoms with Crippen LogP contribution in [0.5, 0.6) is 0 Å². The molecule has 3 nitrogen and oxygen atoms in total. The van der Waals surface area contributed by atoms with Crippen LogP contribution in [0.3, 0.4) is 0 Å². The largest absolute Gasteiger partial charge is 0.371 e. The van der Waals surface area contributed by atoms with Crippen LogP contribution in [-0.2, 0) is 11.2 Å². The molecule has 0 fully saturated rings. The van der Waals surface area contributed by atoms with Crippen molar-refractivity contribution in [3.05, 3.63) is 15.6 Å². The molecule has 0 amide bonds. The van der Waals surface area contributed by atoms with Gasteiger partial charge in [0.25, 0.3) is 0 Å². The predicted octanol–water partition coefficient (Wildman–Crippen LogP) is 4.64. The molecule has 0 aliphatic heterocycles. The molecule has 0 bridgehead atoms. The standard InChI is InChI=1S/C17H30N2OS/c1-6-9-18-12-10-17(4,5)11-13-15(12)21-16(19-13)14(7-2)20-8-3/h12,14,18H,6-11H2,1-5H3. The highest BCUT2D eigenvalue weighted by molar-refractivity contribution is 7.11. The summed E-state index contributed by atoms with van der Waals surface area (Å²) < 4.78 is 5.85. The summed E-state index contributed by atoms with van der Waals surface area (Å²) in [7, 11) is 0. The van der Waals surface area contributed by atoms with Gasteiger partial charge in [0.2, 0.25) is 0 Å². The Balaban J connectivity index is 2.26. The van der Waals surface area contributed by atoms with E-state index in [0.29, 0.717) is 11.5 Å². The van der Waals surface area contributed by atoms with E-state index in [-0.39, 0.29) is 6.10 Å². The zero-order valence-electron chi connectivity index (χ0n) is 14.2. The lowest BCUT2D eigenvalue weighted by atomic mass is 9.76. The van der Waals surface area contributed by atoms with Crippen LogP contribution in [0, 0.1) is 5.41 Å². The van der Waals surface area contributed by atoms with Gasteiger partial charge in [0.1, 0.15) is 11.1 Å². The second kappa shape index (κ2) is 7.21. The third-order valence-corrected chi connectivity index (χ3v) is 5.42. The fraction of sp³-hybridized carbons (Fsp3) is 0.824. The van der Waals surface area contributed by atoms with E-state index in [1.165, 1.54) is 28.4 Å². The summed E-state index contributed by atoms with van der Waals surface area (Å²) in [5.41, 5.74) is 1.63. The minimum absolute atomic E-state index is 0.167. The molecule has 120 valence electrons. The molecule has 21 heavy (non-hydrogen) atoms. The molecular weight excluding hydrogens is 280 g/mol. The van der Waals surface area contributed by atoms with Crippen molar-refractivity contribution in [3.8, 4) is 0 Å². The van der Waals surface area contributed by atoms with E-state index >= 15 is 0 Å². The average molecular weight is 311 g/mol. The van der Waals surface area contributed by atoms with Crippen molar-refractivity contribution in [3.63, 3.8) is 0 Å². The molecule has 0 saturated carbocycles. The molecule has 1 heterocycles. The third-order valence-electron chi connectivity index (χ3n) is 4.12. The Morgan fingerprint density at radius 3 is 2.76 bits per heavy atom. The number of hydrogen-bond acceptors (Lipinski definition) is 4. The van der Waals surface area contributed by atoms with E-state index in [2.05, 4.69) is 39.9 Å². The second-order valence-electron chi connectivity index (χ2n) is 6.77. The van der Waals surface area contributed by atoms with Gasteiger partial charge in [0.15, 0.2) is 0 Å². The molecular formula is C17H30N2OS. The molecule has 1 aromatic rings. The van der Waals surface area contributed by atoms with Gasteiger partial charge in [0.05, 0.1) is 5.69 Å². The Morgan fingerprint density at radius 2 is 2.14 bits per heavy atom. The smallest absolute Gasteiger partial charge is 0.122 e. The van der Waals surface area contributed by atoms with Gasteiger partial charge in [-0.1, -0.05) is 27.7 Å². The van der Waals surface area contributed by atoms with Gasteiger partial charge in [-0.2, -0.15) is 0 Å². The van der Waals surface area contributed by atoms with Crippen LogP contribution in [-0.4, -0.2) is 18.1 Å². The van der Waals surface area contributed by atoms with Crippen molar-refractivity contribution in [2.24, 2.45) is 5.41 Å². The molecule has 2 unspecified atom stereocenters. The SMILES string of the molecule is CCCNC1CC(C)(C)Cc2nc(C(CC)OCC)sc21. The van der Waals surface area contributed by atoms with Crippen LogP contribution >= 0.6 is 11.3 Å². The summed E-state index contributed by atoms with van der Waals surface area (Å²) in [6.07, 6.45) is 4.63. The lowest BCUT2D eigenvalue weighted by Gasteiger charge is -2.34. The number of fused-ring (bicyclic) bond motifs is 1. The van der Waals surface area contributed by atoms with E-state index in [0.717, 1.165) is 26.0 Å². The van der Waals surface area contributed by atoms with Crippen molar-refractivity contribution in [1.82, 2.24) is 10.3 Å².